The molecule has 1 aromatic heterocycles. The van der Waals surface area contributed by atoms with Crippen molar-refractivity contribution in [1.29, 1.82) is 0 Å². The van der Waals surface area contributed by atoms with Gasteiger partial charge in [-0.25, -0.2) is 0 Å². The maximum absolute atomic E-state index is 5.00. The molecule has 0 unspecified atom stereocenters. The molecular weight excluding hydrogens is 238 g/mol. The predicted molar refractivity (Wildman–Crippen MR) is 72.7 cm³/mol. The van der Waals surface area contributed by atoms with Crippen LogP contribution in [0.25, 0.3) is 0 Å². The molecule has 0 bridgehead atoms. The SMILES string of the molecule is CCCn1cc(CNCCCOC)c(C)n1.Cl. The molecule has 0 aliphatic heterocycles. The maximum atomic E-state index is 5.00. The lowest BCUT2D eigenvalue weighted by atomic mass is 10.2. The summed E-state index contributed by atoms with van der Waals surface area (Å²) < 4.78 is 7.03. The van der Waals surface area contributed by atoms with Gasteiger partial charge in [0.25, 0.3) is 0 Å². The van der Waals surface area contributed by atoms with Gasteiger partial charge in [-0.3, -0.25) is 4.68 Å². The summed E-state index contributed by atoms with van der Waals surface area (Å²) in [6.07, 6.45) is 4.32. The van der Waals surface area contributed by atoms with Gasteiger partial charge in [-0.05, 0) is 26.3 Å². The highest BCUT2D eigenvalue weighted by Gasteiger charge is 2.03. The van der Waals surface area contributed by atoms with Crippen molar-refractivity contribution in [2.24, 2.45) is 0 Å². The number of hydrogen-bond donors (Lipinski definition) is 1. The van der Waals surface area contributed by atoms with Crippen LogP contribution in [0.3, 0.4) is 0 Å². The fourth-order valence-corrected chi connectivity index (χ4v) is 1.64. The van der Waals surface area contributed by atoms with Crippen molar-refractivity contribution in [1.82, 2.24) is 15.1 Å². The van der Waals surface area contributed by atoms with Crippen molar-refractivity contribution < 1.29 is 4.74 Å². The Morgan fingerprint density at radius 3 is 2.88 bits per heavy atom. The summed E-state index contributed by atoms with van der Waals surface area (Å²) >= 11 is 0. The Morgan fingerprint density at radius 2 is 2.24 bits per heavy atom. The van der Waals surface area contributed by atoms with E-state index in [4.69, 9.17) is 4.74 Å². The molecule has 17 heavy (non-hydrogen) atoms. The van der Waals surface area contributed by atoms with Crippen LogP contribution in [0.5, 0.6) is 0 Å². The first kappa shape index (κ1) is 16.4. The molecule has 0 saturated carbocycles. The van der Waals surface area contributed by atoms with Crippen molar-refractivity contribution in [2.75, 3.05) is 20.3 Å². The van der Waals surface area contributed by atoms with Gasteiger partial charge in [0.2, 0.25) is 0 Å². The number of hydrogen-bond acceptors (Lipinski definition) is 3. The van der Waals surface area contributed by atoms with Crippen LogP contribution in [-0.2, 0) is 17.8 Å². The van der Waals surface area contributed by atoms with E-state index in [0.717, 1.165) is 44.8 Å². The molecule has 0 fully saturated rings. The summed E-state index contributed by atoms with van der Waals surface area (Å²) in [5, 5.41) is 7.87. The molecule has 0 aliphatic rings. The van der Waals surface area contributed by atoms with Crippen LogP contribution in [-0.4, -0.2) is 30.0 Å². The average molecular weight is 262 g/mol. The van der Waals surface area contributed by atoms with Gasteiger partial charge in [0.15, 0.2) is 0 Å². The Morgan fingerprint density at radius 1 is 1.47 bits per heavy atom. The van der Waals surface area contributed by atoms with Crippen LogP contribution in [0.2, 0.25) is 0 Å². The van der Waals surface area contributed by atoms with E-state index in [0.29, 0.717) is 0 Å². The Labute approximate surface area is 110 Å². The molecule has 4 nitrogen and oxygen atoms in total. The number of ether oxygens (including phenoxy) is 1. The van der Waals surface area contributed by atoms with Gasteiger partial charge in [0.1, 0.15) is 0 Å². The van der Waals surface area contributed by atoms with Crippen LogP contribution in [0, 0.1) is 6.92 Å². The Balaban J connectivity index is 0.00000256. The Hall–Kier alpha value is -0.580. The third-order valence-corrected chi connectivity index (χ3v) is 2.52. The molecule has 0 spiro atoms. The zero-order valence-corrected chi connectivity index (χ0v) is 11.8. The van der Waals surface area contributed by atoms with Gasteiger partial charge in [0.05, 0.1) is 5.69 Å². The van der Waals surface area contributed by atoms with Crippen LogP contribution < -0.4 is 5.32 Å². The first-order valence-electron chi connectivity index (χ1n) is 6.00. The summed E-state index contributed by atoms with van der Waals surface area (Å²) in [5.41, 5.74) is 2.43. The van der Waals surface area contributed by atoms with E-state index in [2.05, 4.69) is 30.5 Å². The summed E-state index contributed by atoms with van der Waals surface area (Å²) in [5.74, 6) is 0. The number of aromatic nitrogens is 2. The van der Waals surface area contributed by atoms with E-state index in [1.54, 1.807) is 7.11 Å². The van der Waals surface area contributed by atoms with Crippen molar-refractivity contribution in [3.8, 4) is 0 Å². The maximum Gasteiger partial charge on any atom is 0.0638 e. The fourth-order valence-electron chi connectivity index (χ4n) is 1.64. The molecule has 1 aromatic rings. The molecule has 0 amide bonds. The minimum absolute atomic E-state index is 0. The van der Waals surface area contributed by atoms with E-state index < -0.39 is 0 Å². The van der Waals surface area contributed by atoms with E-state index in [1.165, 1.54) is 5.56 Å². The first-order valence-corrected chi connectivity index (χ1v) is 6.00. The topological polar surface area (TPSA) is 39.1 Å². The highest BCUT2D eigenvalue weighted by Crippen LogP contribution is 2.05. The molecule has 0 aromatic carbocycles. The minimum Gasteiger partial charge on any atom is -0.385 e. The van der Waals surface area contributed by atoms with E-state index >= 15 is 0 Å². The molecule has 1 N–H and O–H groups in total. The lowest BCUT2D eigenvalue weighted by molar-refractivity contribution is 0.194. The predicted octanol–water partition coefficient (Wildman–Crippen LogP) is 2.15. The van der Waals surface area contributed by atoms with Gasteiger partial charge >= 0.3 is 0 Å². The highest BCUT2D eigenvalue weighted by molar-refractivity contribution is 5.85. The standard InChI is InChI=1S/C12H23N3O.ClH/c1-4-7-15-10-12(11(2)14-15)9-13-6-5-8-16-3;/h10,13H,4-9H2,1-3H3;1H. The smallest absolute Gasteiger partial charge is 0.0638 e. The number of rotatable bonds is 8. The highest BCUT2D eigenvalue weighted by atomic mass is 35.5. The molecule has 100 valence electrons. The molecule has 1 rings (SSSR count). The summed E-state index contributed by atoms with van der Waals surface area (Å²) in [4.78, 5) is 0. The van der Waals surface area contributed by atoms with Gasteiger partial charge in [-0.2, -0.15) is 5.10 Å². The quantitative estimate of drug-likeness (QED) is 0.729. The zero-order chi connectivity index (χ0) is 11.8. The molecule has 1 heterocycles. The van der Waals surface area contributed by atoms with Gasteiger partial charge in [-0.15, -0.1) is 12.4 Å². The van der Waals surface area contributed by atoms with E-state index in [1.807, 2.05) is 4.68 Å². The van der Waals surface area contributed by atoms with Gasteiger partial charge in [0, 0.05) is 38.6 Å². The number of methoxy groups -OCH3 is 1. The van der Waals surface area contributed by atoms with E-state index in [9.17, 15) is 0 Å². The average Bonchev–Trinajstić information content (AvgIpc) is 2.60. The summed E-state index contributed by atoms with van der Waals surface area (Å²) in [6.45, 7) is 7.95. The normalized spacial score (nSPS) is 10.3. The summed E-state index contributed by atoms with van der Waals surface area (Å²) in [7, 11) is 1.74. The lowest BCUT2D eigenvalue weighted by Crippen LogP contribution is -2.16. The Kier molecular flexibility index (Phi) is 9.13. The molecule has 5 heteroatoms. The number of aryl methyl sites for hydroxylation is 2. The van der Waals surface area contributed by atoms with Crippen molar-refractivity contribution >= 4 is 12.4 Å². The second kappa shape index (κ2) is 9.45. The van der Waals surface area contributed by atoms with Crippen LogP contribution in [0.1, 0.15) is 31.0 Å². The third kappa shape index (κ3) is 6.05. The second-order valence-corrected chi connectivity index (χ2v) is 4.03. The van der Waals surface area contributed by atoms with Crippen molar-refractivity contribution in [3.63, 3.8) is 0 Å². The number of halogens is 1. The molecule has 0 aliphatic carbocycles. The molecule has 0 radical (unpaired) electrons. The van der Waals surface area contributed by atoms with E-state index in [-0.39, 0.29) is 12.4 Å². The fraction of sp³-hybridized carbons (Fsp3) is 0.750. The zero-order valence-electron chi connectivity index (χ0n) is 11.0. The molecule has 0 atom stereocenters. The monoisotopic (exact) mass is 261 g/mol. The number of nitrogens with zero attached hydrogens (tertiary/aromatic N) is 2. The van der Waals surface area contributed by atoms with Gasteiger partial charge < -0.3 is 10.1 Å². The van der Waals surface area contributed by atoms with Crippen LogP contribution in [0.15, 0.2) is 6.20 Å². The third-order valence-electron chi connectivity index (χ3n) is 2.52. The summed E-state index contributed by atoms with van der Waals surface area (Å²) in [6, 6.07) is 0. The van der Waals surface area contributed by atoms with Crippen molar-refractivity contribution in [2.45, 2.75) is 39.8 Å². The van der Waals surface area contributed by atoms with Crippen molar-refractivity contribution in [3.05, 3.63) is 17.5 Å². The van der Waals surface area contributed by atoms with Gasteiger partial charge in [-0.1, -0.05) is 6.92 Å². The lowest BCUT2D eigenvalue weighted by Gasteiger charge is -2.02. The largest absolute Gasteiger partial charge is 0.385 e. The Bertz CT molecular complexity index is 302. The second-order valence-electron chi connectivity index (χ2n) is 4.03. The van der Waals surface area contributed by atoms with Crippen LogP contribution in [0.4, 0.5) is 0 Å². The molecular formula is C12H24ClN3O. The van der Waals surface area contributed by atoms with Crippen LogP contribution >= 0.6 is 12.4 Å². The minimum atomic E-state index is 0. The first-order chi connectivity index (χ1) is 7.77. The molecule has 0 saturated heterocycles. The number of nitrogens with one attached hydrogen (secondary N) is 1.